The summed E-state index contributed by atoms with van der Waals surface area (Å²) >= 11 is 1.67. The van der Waals surface area contributed by atoms with Crippen LogP contribution in [0.3, 0.4) is 0 Å². The van der Waals surface area contributed by atoms with Crippen molar-refractivity contribution in [2.24, 2.45) is 0 Å². The summed E-state index contributed by atoms with van der Waals surface area (Å²) in [5.41, 5.74) is 1.76. The average molecular weight is 424 g/mol. The van der Waals surface area contributed by atoms with Crippen molar-refractivity contribution in [1.29, 1.82) is 0 Å². The van der Waals surface area contributed by atoms with Crippen LogP contribution in [-0.2, 0) is 14.3 Å². The number of aliphatic hydroxyl groups excluding tert-OH is 1. The predicted octanol–water partition coefficient (Wildman–Crippen LogP) is 4.37. The second-order valence-corrected chi connectivity index (χ2v) is 8.63. The second kappa shape index (κ2) is 12.9. The second-order valence-electron chi connectivity index (χ2n) is 7.34. The normalized spacial score (nSPS) is 18.1. The number of carbonyl (C=O) groups is 2. The number of aliphatic hydroxyl groups is 1. The Bertz CT molecular complexity index is 637. The minimum Gasteiger partial charge on any atom is -0.481 e. The average Bonchev–Trinajstić information content (AvgIpc) is 2.71. The van der Waals surface area contributed by atoms with E-state index in [1.165, 1.54) is 0 Å². The number of carboxylic acid groups (broad SMARTS) is 1. The SMILES string of the molecule is CCCCCC(O)c1ccc(N2C(=O)CCCC2SCCOCCC(=O)O)cc1. The molecule has 0 spiro atoms. The van der Waals surface area contributed by atoms with Crippen LogP contribution in [0.5, 0.6) is 0 Å². The van der Waals surface area contributed by atoms with Crippen LogP contribution < -0.4 is 4.90 Å². The molecule has 1 heterocycles. The molecular formula is C22H33NO5S. The van der Waals surface area contributed by atoms with Crippen LogP contribution in [0.4, 0.5) is 5.69 Å². The molecule has 1 aromatic rings. The Morgan fingerprint density at radius 2 is 2.03 bits per heavy atom. The first-order valence-corrected chi connectivity index (χ1v) is 11.6. The number of aliphatic carboxylic acids is 1. The maximum Gasteiger partial charge on any atom is 0.305 e. The topological polar surface area (TPSA) is 87.1 Å². The lowest BCUT2D eigenvalue weighted by molar-refractivity contribution is -0.138. The molecule has 0 radical (unpaired) electrons. The highest BCUT2D eigenvalue weighted by Crippen LogP contribution is 2.33. The van der Waals surface area contributed by atoms with E-state index in [9.17, 15) is 14.7 Å². The third-order valence-electron chi connectivity index (χ3n) is 5.03. The van der Waals surface area contributed by atoms with E-state index in [0.717, 1.165) is 49.8 Å². The first-order chi connectivity index (χ1) is 14.0. The Morgan fingerprint density at radius 3 is 2.72 bits per heavy atom. The van der Waals surface area contributed by atoms with Gasteiger partial charge in [-0.1, -0.05) is 38.3 Å². The molecular weight excluding hydrogens is 390 g/mol. The lowest BCUT2D eigenvalue weighted by atomic mass is 10.0. The quantitative estimate of drug-likeness (QED) is 0.458. The van der Waals surface area contributed by atoms with Crippen LogP contribution in [0.1, 0.15) is 70.0 Å². The molecule has 0 aliphatic carbocycles. The highest BCUT2D eigenvalue weighted by Gasteiger charge is 2.29. The van der Waals surface area contributed by atoms with E-state index in [1.54, 1.807) is 11.8 Å². The third kappa shape index (κ3) is 7.99. The Kier molecular flexibility index (Phi) is 10.5. The van der Waals surface area contributed by atoms with Crippen molar-refractivity contribution in [2.75, 3.05) is 23.9 Å². The fourth-order valence-electron chi connectivity index (χ4n) is 3.42. The highest BCUT2D eigenvalue weighted by atomic mass is 32.2. The van der Waals surface area contributed by atoms with E-state index in [1.807, 2.05) is 29.2 Å². The largest absolute Gasteiger partial charge is 0.481 e. The van der Waals surface area contributed by atoms with Crippen LogP contribution in [0, 0.1) is 0 Å². The number of thioether (sulfide) groups is 1. The van der Waals surface area contributed by atoms with Gasteiger partial charge in [0.15, 0.2) is 0 Å². The summed E-state index contributed by atoms with van der Waals surface area (Å²) in [6.45, 7) is 2.83. The number of nitrogens with zero attached hydrogens (tertiary/aromatic N) is 1. The van der Waals surface area contributed by atoms with Crippen molar-refractivity contribution in [2.45, 2.75) is 69.8 Å². The van der Waals surface area contributed by atoms with Crippen LogP contribution in [0.25, 0.3) is 0 Å². The fourth-order valence-corrected chi connectivity index (χ4v) is 4.63. The van der Waals surface area contributed by atoms with Gasteiger partial charge in [0.2, 0.25) is 5.91 Å². The first-order valence-electron chi connectivity index (χ1n) is 10.5. The summed E-state index contributed by atoms with van der Waals surface area (Å²) < 4.78 is 5.35. The summed E-state index contributed by atoms with van der Waals surface area (Å²) in [5, 5.41) is 19.0. The van der Waals surface area contributed by atoms with E-state index >= 15 is 0 Å². The van der Waals surface area contributed by atoms with Crippen molar-refractivity contribution < 1.29 is 24.5 Å². The van der Waals surface area contributed by atoms with E-state index < -0.39 is 12.1 Å². The number of amides is 1. The zero-order valence-electron chi connectivity index (χ0n) is 17.2. The van der Waals surface area contributed by atoms with Crippen molar-refractivity contribution in [1.82, 2.24) is 0 Å². The van der Waals surface area contributed by atoms with Crippen molar-refractivity contribution >= 4 is 29.3 Å². The van der Waals surface area contributed by atoms with Crippen LogP contribution in [0.15, 0.2) is 24.3 Å². The lowest BCUT2D eigenvalue weighted by Crippen LogP contribution is -2.42. The van der Waals surface area contributed by atoms with Gasteiger partial charge >= 0.3 is 5.97 Å². The van der Waals surface area contributed by atoms with Gasteiger partial charge in [-0.3, -0.25) is 14.5 Å². The number of carboxylic acids is 1. The standard InChI is InChI=1S/C22H33NO5S/c1-2-3-4-6-19(24)17-9-11-18(12-10-17)23-20(25)7-5-8-21(23)29-16-15-28-14-13-22(26)27/h9-12,19,21,24H,2-8,13-16H2,1H3,(H,26,27). The van der Waals surface area contributed by atoms with Gasteiger partial charge < -0.3 is 14.9 Å². The Labute approximate surface area is 177 Å². The molecule has 0 aromatic heterocycles. The summed E-state index contributed by atoms with van der Waals surface area (Å²) in [6.07, 6.45) is 5.92. The number of carbonyl (C=O) groups excluding carboxylic acids is 1. The third-order valence-corrected chi connectivity index (χ3v) is 6.27. The summed E-state index contributed by atoms with van der Waals surface area (Å²) in [7, 11) is 0. The molecule has 29 heavy (non-hydrogen) atoms. The number of benzene rings is 1. The molecule has 2 atom stereocenters. The number of hydrogen-bond acceptors (Lipinski definition) is 5. The van der Waals surface area contributed by atoms with E-state index in [0.29, 0.717) is 18.8 Å². The molecule has 7 heteroatoms. The summed E-state index contributed by atoms with van der Waals surface area (Å²) in [4.78, 5) is 24.9. The number of piperidine rings is 1. The van der Waals surface area contributed by atoms with Crippen LogP contribution in [0.2, 0.25) is 0 Å². The van der Waals surface area contributed by atoms with E-state index in [4.69, 9.17) is 9.84 Å². The Balaban J connectivity index is 1.90. The molecule has 0 saturated carbocycles. The van der Waals surface area contributed by atoms with E-state index in [2.05, 4.69) is 6.92 Å². The van der Waals surface area contributed by atoms with Gasteiger partial charge in [-0.2, -0.15) is 0 Å². The molecule has 1 aromatic carbocycles. The Morgan fingerprint density at radius 1 is 1.28 bits per heavy atom. The molecule has 2 N–H and O–H groups in total. The number of unbranched alkanes of at least 4 members (excludes halogenated alkanes) is 2. The molecule has 1 aliphatic heterocycles. The number of anilines is 1. The zero-order chi connectivity index (χ0) is 21.1. The smallest absolute Gasteiger partial charge is 0.305 e. The molecule has 0 bridgehead atoms. The fraction of sp³-hybridized carbons (Fsp3) is 0.636. The number of rotatable bonds is 13. The van der Waals surface area contributed by atoms with Gasteiger partial charge in [0.25, 0.3) is 0 Å². The zero-order valence-corrected chi connectivity index (χ0v) is 18.0. The monoisotopic (exact) mass is 423 g/mol. The molecule has 2 unspecified atom stereocenters. The first kappa shape index (κ1) is 23.7. The van der Waals surface area contributed by atoms with Gasteiger partial charge in [0.05, 0.1) is 31.1 Å². The summed E-state index contributed by atoms with van der Waals surface area (Å²) in [5.74, 6) is -0.0279. The Hall–Kier alpha value is -1.57. The summed E-state index contributed by atoms with van der Waals surface area (Å²) in [6, 6.07) is 7.70. The molecule has 1 saturated heterocycles. The molecule has 1 aliphatic rings. The molecule has 162 valence electrons. The maximum atomic E-state index is 12.6. The van der Waals surface area contributed by atoms with Crippen molar-refractivity contribution in [3.63, 3.8) is 0 Å². The molecule has 6 nitrogen and oxygen atoms in total. The maximum absolute atomic E-state index is 12.6. The van der Waals surface area contributed by atoms with E-state index in [-0.39, 0.29) is 24.3 Å². The molecule has 1 fully saturated rings. The van der Waals surface area contributed by atoms with Gasteiger partial charge in [0.1, 0.15) is 0 Å². The minimum atomic E-state index is -0.861. The van der Waals surface area contributed by atoms with Crippen molar-refractivity contribution in [3.05, 3.63) is 29.8 Å². The number of ether oxygens (including phenoxy) is 1. The molecule has 2 rings (SSSR count). The van der Waals surface area contributed by atoms with Crippen LogP contribution in [-0.4, -0.2) is 46.4 Å². The van der Waals surface area contributed by atoms with Crippen molar-refractivity contribution in [3.8, 4) is 0 Å². The minimum absolute atomic E-state index is 0.00928. The van der Waals surface area contributed by atoms with Gasteiger partial charge in [-0.15, -0.1) is 11.8 Å². The van der Waals surface area contributed by atoms with Gasteiger partial charge in [0, 0.05) is 17.9 Å². The van der Waals surface area contributed by atoms with Crippen LogP contribution >= 0.6 is 11.8 Å². The highest BCUT2D eigenvalue weighted by molar-refractivity contribution is 8.00. The number of hydrogen-bond donors (Lipinski definition) is 2. The predicted molar refractivity (Wildman–Crippen MR) is 116 cm³/mol. The van der Waals surface area contributed by atoms with Gasteiger partial charge in [-0.05, 0) is 37.0 Å². The molecule has 1 amide bonds. The lowest BCUT2D eigenvalue weighted by Gasteiger charge is -2.35. The van der Waals surface area contributed by atoms with Gasteiger partial charge in [-0.25, -0.2) is 0 Å².